The van der Waals surface area contributed by atoms with Gasteiger partial charge < -0.3 is 9.84 Å². The zero-order chi connectivity index (χ0) is 12.3. The average molecular weight is 230 g/mol. The highest BCUT2D eigenvalue weighted by Gasteiger charge is 2.02. The Morgan fingerprint density at radius 2 is 1.71 bits per heavy atom. The zero-order valence-corrected chi connectivity index (χ0v) is 9.64. The highest BCUT2D eigenvalue weighted by molar-refractivity contribution is 5.84. The predicted molar refractivity (Wildman–Crippen MR) is 66.0 cm³/mol. The van der Waals surface area contributed by atoms with Crippen molar-refractivity contribution < 1.29 is 14.6 Å². The minimum absolute atomic E-state index is 0.0652. The van der Waals surface area contributed by atoms with Crippen LogP contribution in [0, 0.1) is 0 Å². The van der Waals surface area contributed by atoms with Crippen LogP contribution in [0.15, 0.2) is 36.4 Å². The van der Waals surface area contributed by atoms with Crippen LogP contribution in [0.5, 0.6) is 0 Å². The van der Waals surface area contributed by atoms with E-state index in [1.54, 1.807) is 7.11 Å². The molecule has 0 aliphatic heterocycles. The Labute approximate surface area is 99.6 Å². The molecule has 2 rings (SSSR count). The van der Waals surface area contributed by atoms with E-state index in [1.807, 2.05) is 30.3 Å². The largest absolute Gasteiger partial charge is 0.481 e. The summed E-state index contributed by atoms with van der Waals surface area (Å²) in [5.74, 6) is -0.805. The van der Waals surface area contributed by atoms with Gasteiger partial charge in [-0.15, -0.1) is 0 Å². The zero-order valence-electron chi connectivity index (χ0n) is 9.64. The number of hydrogen-bond acceptors (Lipinski definition) is 2. The number of carboxylic acid groups (broad SMARTS) is 1. The summed E-state index contributed by atoms with van der Waals surface area (Å²) in [6.07, 6.45) is 0.0652. The van der Waals surface area contributed by atoms with E-state index in [0.29, 0.717) is 6.61 Å². The number of hydrogen-bond donors (Lipinski definition) is 1. The van der Waals surface area contributed by atoms with Gasteiger partial charge in [-0.25, -0.2) is 0 Å². The van der Waals surface area contributed by atoms with E-state index < -0.39 is 5.97 Å². The summed E-state index contributed by atoms with van der Waals surface area (Å²) in [5, 5.41) is 10.9. The number of methoxy groups -OCH3 is 1. The van der Waals surface area contributed by atoms with E-state index in [4.69, 9.17) is 9.84 Å². The van der Waals surface area contributed by atoms with E-state index in [0.717, 1.165) is 21.9 Å². The van der Waals surface area contributed by atoms with Crippen molar-refractivity contribution >= 4 is 16.7 Å². The predicted octanol–water partition coefficient (Wildman–Crippen LogP) is 2.61. The minimum Gasteiger partial charge on any atom is -0.481 e. The normalized spacial score (nSPS) is 10.6. The van der Waals surface area contributed by atoms with E-state index in [-0.39, 0.29) is 6.42 Å². The van der Waals surface area contributed by atoms with Gasteiger partial charge in [-0.1, -0.05) is 30.3 Å². The van der Waals surface area contributed by atoms with Gasteiger partial charge in [0.1, 0.15) is 0 Å². The molecule has 17 heavy (non-hydrogen) atoms. The molecule has 0 fully saturated rings. The third-order valence-electron chi connectivity index (χ3n) is 2.64. The second-order valence-electron chi connectivity index (χ2n) is 4.02. The number of benzene rings is 2. The smallest absolute Gasteiger partial charge is 0.307 e. The van der Waals surface area contributed by atoms with E-state index >= 15 is 0 Å². The van der Waals surface area contributed by atoms with Gasteiger partial charge in [-0.05, 0) is 28.0 Å². The average Bonchev–Trinajstić information content (AvgIpc) is 2.29. The fourth-order valence-electron chi connectivity index (χ4n) is 1.89. The van der Waals surface area contributed by atoms with Gasteiger partial charge in [0.25, 0.3) is 0 Å². The molecule has 0 saturated carbocycles. The molecule has 0 heterocycles. The van der Waals surface area contributed by atoms with Gasteiger partial charge in [0.2, 0.25) is 0 Å². The second kappa shape index (κ2) is 4.97. The summed E-state index contributed by atoms with van der Waals surface area (Å²) in [6.45, 7) is 0.590. The summed E-state index contributed by atoms with van der Waals surface area (Å²) in [6, 6.07) is 11.8. The van der Waals surface area contributed by atoms with Crippen LogP contribution in [0.2, 0.25) is 0 Å². The van der Waals surface area contributed by atoms with Gasteiger partial charge in [-0.3, -0.25) is 4.79 Å². The first-order valence-corrected chi connectivity index (χ1v) is 5.41. The SMILES string of the molecule is COCc1ccc2cc(CC(=O)O)ccc2c1. The van der Waals surface area contributed by atoms with Crippen LogP contribution in [0.3, 0.4) is 0 Å². The molecule has 0 unspecified atom stereocenters. The van der Waals surface area contributed by atoms with Crippen molar-refractivity contribution in [3.63, 3.8) is 0 Å². The monoisotopic (exact) mass is 230 g/mol. The van der Waals surface area contributed by atoms with Crippen LogP contribution < -0.4 is 0 Å². The highest BCUT2D eigenvalue weighted by Crippen LogP contribution is 2.18. The molecule has 1 N–H and O–H groups in total. The standard InChI is InChI=1S/C14H14O3/c1-17-9-11-3-5-12-6-10(8-14(15)16)2-4-13(12)7-11/h2-7H,8-9H2,1H3,(H,15,16). The lowest BCUT2D eigenvalue weighted by Crippen LogP contribution is -1.99. The fraction of sp³-hybridized carbons (Fsp3) is 0.214. The first-order valence-electron chi connectivity index (χ1n) is 5.41. The third-order valence-corrected chi connectivity index (χ3v) is 2.64. The van der Waals surface area contributed by atoms with Crippen molar-refractivity contribution in [1.82, 2.24) is 0 Å². The number of carbonyl (C=O) groups is 1. The molecule has 0 aliphatic rings. The van der Waals surface area contributed by atoms with Crippen molar-refractivity contribution in [1.29, 1.82) is 0 Å². The molecule has 0 atom stereocenters. The number of aliphatic carboxylic acids is 1. The Morgan fingerprint density at radius 3 is 2.29 bits per heavy atom. The van der Waals surface area contributed by atoms with Gasteiger partial charge in [0, 0.05) is 7.11 Å². The maximum absolute atomic E-state index is 10.6. The number of rotatable bonds is 4. The van der Waals surface area contributed by atoms with E-state index in [2.05, 4.69) is 6.07 Å². The molecule has 0 radical (unpaired) electrons. The molecular weight excluding hydrogens is 216 g/mol. The van der Waals surface area contributed by atoms with E-state index in [1.165, 1.54) is 0 Å². The molecule has 0 saturated heterocycles. The molecule has 0 aliphatic carbocycles. The van der Waals surface area contributed by atoms with Crippen molar-refractivity contribution in [2.45, 2.75) is 13.0 Å². The van der Waals surface area contributed by atoms with Crippen LogP contribution in [0.4, 0.5) is 0 Å². The molecule has 0 bridgehead atoms. The fourth-order valence-corrected chi connectivity index (χ4v) is 1.89. The molecule has 0 aromatic heterocycles. The molecule has 88 valence electrons. The highest BCUT2D eigenvalue weighted by atomic mass is 16.5. The summed E-state index contributed by atoms with van der Waals surface area (Å²) >= 11 is 0. The van der Waals surface area contributed by atoms with Crippen LogP contribution in [-0.2, 0) is 22.6 Å². The van der Waals surface area contributed by atoms with Crippen LogP contribution in [-0.4, -0.2) is 18.2 Å². The van der Waals surface area contributed by atoms with Gasteiger partial charge >= 0.3 is 5.97 Å². The first kappa shape index (κ1) is 11.6. The maximum atomic E-state index is 10.6. The van der Waals surface area contributed by atoms with Gasteiger partial charge in [-0.2, -0.15) is 0 Å². The Bertz CT molecular complexity index is 546. The molecule has 0 amide bonds. The van der Waals surface area contributed by atoms with Crippen LogP contribution in [0.25, 0.3) is 10.8 Å². The third kappa shape index (κ3) is 2.82. The summed E-state index contributed by atoms with van der Waals surface area (Å²) in [7, 11) is 1.67. The number of carboxylic acids is 1. The molecule has 3 nitrogen and oxygen atoms in total. The summed E-state index contributed by atoms with van der Waals surface area (Å²) in [5.41, 5.74) is 1.94. The number of ether oxygens (including phenoxy) is 1. The molecule has 0 spiro atoms. The van der Waals surface area contributed by atoms with Crippen molar-refractivity contribution in [2.24, 2.45) is 0 Å². The van der Waals surface area contributed by atoms with Gasteiger partial charge in [0.05, 0.1) is 13.0 Å². The molecule has 2 aromatic carbocycles. The van der Waals surface area contributed by atoms with Gasteiger partial charge in [0.15, 0.2) is 0 Å². The maximum Gasteiger partial charge on any atom is 0.307 e. The van der Waals surface area contributed by atoms with Crippen molar-refractivity contribution in [3.05, 3.63) is 47.5 Å². The Balaban J connectivity index is 2.36. The Hall–Kier alpha value is -1.87. The molecular formula is C14H14O3. The van der Waals surface area contributed by atoms with Crippen LogP contribution >= 0.6 is 0 Å². The second-order valence-corrected chi connectivity index (χ2v) is 4.02. The topological polar surface area (TPSA) is 46.5 Å². The lowest BCUT2D eigenvalue weighted by atomic mass is 10.0. The molecule has 2 aromatic rings. The number of fused-ring (bicyclic) bond motifs is 1. The summed E-state index contributed by atoms with van der Waals surface area (Å²) < 4.78 is 5.08. The first-order chi connectivity index (χ1) is 8.19. The lowest BCUT2D eigenvalue weighted by molar-refractivity contribution is -0.136. The van der Waals surface area contributed by atoms with Crippen molar-refractivity contribution in [3.8, 4) is 0 Å². The Kier molecular flexibility index (Phi) is 3.40. The van der Waals surface area contributed by atoms with Crippen LogP contribution in [0.1, 0.15) is 11.1 Å². The molecule has 3 heteroatoms. The lowest BCUT2D eigenvalue weighted by Gasteiger charge is -2.04. The van der Waals surface area contributed by atoms with E-state index in [9.17, 15) is 4.79 Å². The summed E-state index contributed by atoms with van der Waals surface area (Å²) in [4.78, 5) is 10.6. The minimum atomic E-state index is -0.805. The Morgan fingerprint density at radius 1 is 1.12 bits per heavy atom. The van der Waals surface area contributed by atoms with Crippen molar-refractivity contribution in [2.75, 3.05) is 7.11 Å². The quantitative estimate of drug-likeness (QED) is 0.878.